The second-order valence-corrected chi connectivity index (χ2v) is 7.69. The highest BCUT2D eigenvalue weighted by Gasteiger charge is 2.12. The minimum Gasteiger partial charge on any atom is -0.483 e. The number of nitrogens with zero attached hydrogens (tertiary/aromatic N) is 1. The lowest BCUT2D eigenvalue weighted by Crippen LogP contribution is -2.37. The number of hydrazone groups is 1. The van der Waals surface area contributed by atoms with E-state index < -0.39 is 11.8 Å². The van der Waals surface area contributed by atoms with Crippen LogP contribution >= 0.6 is 11.6 Å². The maximum Gasteiger partial charge on any atom is 0.329 e. The zero-order chi connectivity index (χ0) is 24.3. The molecule has 0 aliphatic carbocycles. The number of carbonyl (C=O) groups is 3. The molecule has 3 aromatic carbocycles. The van der Waals surface area contributed by atoms with E-state index >= 15 is 0 Å². The minimum absolute atomic E-state index is 0.227. The summed E-state index contributed by atoms with van der Waals surface area (Å²) >= 11 is 5.83. The number of para-hydroxylation sites is 1. The molecule has 0 saturated carbocycles. The van der Waals surface area contributed by atoms with Crippen LogP contribution in [0.4, 0.5) is 5.69 Å². The van der Waals surface area contributed by atoms with E-state index in [2.05, 4.69) is 21.2 Å². The molecule has 174 valence electrons. The van der Waals surface area contributed by atoms with Crippen molar-refractivity contribution in [3.63, 3.8) is 0 Å². The number of carbonyl (C=O) groups excluding carboxylic acids is 3. The van der Waals surface area contributed by atoms with Crippen LogP contribution in [0.3, 0.4) is 0 Å². The molecule has 0 fully saturated rings. The molecule has 3 rings (SSSR count). The van der Waals surface area contributed by atoms with Gasteiger partial charge in [-0.1, -0.05) is 53.6 Å². The molecule has 0 atom stereocenters. The molecular formula is C25H23ClN4O4. The van der Waals surface area contributed by atoms with E-state index in [0.29, 0.717) is 22.0 Å². The van der Waals surface area contributed by atoms with Crippen LogP contribution in [0.25, 0.3) is 0 Å². The summed E-state index contributed by atoms with van der Waals surface area (Å²) in [5, 5.41) is 9.61. The molecule has 0 aliphatic heterocycles. The predicted molar refractivity (Wildman–Crippen MR) is 131 cm³/mol. The molecule has 3 aromatic rings. The molecule has 0 unspecified atom stereocenters. The van der Waals surface area contributed by atoms with Gasteiger partial charge in [0.25, 0.3) is 5.91 Å². The number of halogens is 1. The zero-order valence-corrected chi connectivity index (χ0v) is 19.1. The van der Waals surface area contributed by atoms with Crippen LogP contribution in [0.5, 0.6) is 5.75 Å². The average molecular weight is 479 g/mol. The van der Waals surface area contributed by atoms with Crippen molar-refractivity contribution in [3.8, 4) is 5.75 Å². The fourth-order valence-corrected chi connectivity index (χ4v) is 2.90. The Morgan fingerprint density at radius 1 is 0.941 bits per heavy atom. The van der Waals surface area contributed by atoms with E-state index in [1.165, 1.54) is 6.21 Å². The van der Waals surface area contributed by atoms with Crippen molar-refractivity contribution in [1.29, 1.82) is 0 Å². The third kappa shape index (κ3) is 7.75. The number of hydrogen-bond donors (Lipinski definition) is 3. The van der Waals surface area contributed by atoms with Gasteiger partial charge in [-0.05, 0) is 48.9 Å². The first kappa shape index (κ1) is 24.5. The number of rotatable bonds is 8. The van der Waals surface area contributed by atoms with Gasteiger partial charge in [0.2, 0.25) is 0 Å². The van der Waals surface area contributed by atoms with Crippen molar-refractivity contribution in [2.24, 2.45) is 5.10 Å². The number of benzene rings is 3. The molecule has 0 spiro atoms. The highest BCUT2D eigenvalue weighted by Crippen LogP contribution is 2.16. The van der Waals surface area contributed by atoms with Crippen LogP contribution in [0.15, 0.2) is 77.9 Å². The Kier molecular flexibility index (Phi) is 8.76. The van der Waals surface area contributed by atoms with Gasteiger partial charge in [-0.25, -0.2) is 5.43 Å². The summed E-state index contributed by atoms with van der Waals surface area (Å²) in [4.78, 5) is 36.1. The van der Waals surface area contributed by atoms with E-state index in [1.54, 1.807) is 48.5 Å². The quantitative estimate of drug-likeness (QED) is 0.262. The normalized spacial score (nSPS) is 10.5. The van der Waals surface area contributed by atoms with Crippen LogP contribution in [0.1, 0.15) is 16.7 Å². The lowest BCUT2D eigenvalue weighted by Gasteiger charge is -2.09. The van der Waals surface area contributed by atoms with E-state index in [0.717, 1.165) is 11.1 Å². The summed E-state index contributed by atoms with van der Waals surface area (Å²) < 4.78 is 5.57. The molecule has 3 amide bonds. The molecule has 34 heavy (non-hydrogen) atoms. The summed E-state index contributed by atoms with van der Waals surface area (Å²) in [6.45, 7) is 1.96. The first-order chi connectivity index (χ1) is 16.4. The molecular weight excluding hydrogens is 456 g/mol. The smallest absolute Gasteiger partial charge is 0.329 e. The van der Waals surface area contributed by atoms with E-state index in [4.69, 9.17) is 16.3 Å². The van der Waals surface area contributed by atoms with Gasteiger partial charge < -0.3 is 15.4 Å². The minimum atomic E-state index is -0.899. The summed E-state index contributed by atoms with van der Waals surface area (Å²) in [5.74, 6) is -1.67. The number of amides is 3. The van der Waals surface area contributed by atoms with Crippen LogP contribution in [-0.4, -0.2) is 30.5 Å². The van der Waals surface area contributed by atoms with Gasteiger partial charge in [0.05, 0.1) is 6.21 Å². The van der Waals surface area contributed by atoms with E-state index in [-0.39, 0.29) is 19.1 Å². The number of nitrogens with one attached hydrogen (secondary N) is 3. The number of aryl methyl sites for hydroxylation is 1. The molecule has 0 radical (unpaired) electrons. The van der Waals surface area contributed by atoms with Gasteiger partial charge in [0, 0.05) is 22.8 Å². The summed E-state index contributed by atoms with van der Waals surface area (Å²) in [6.07, 6.45) is 1.33. The number of hydrogen-bond acceptors (Lipinski definition) is 5. The first-order valence-corrected chi connectivity index (χ1v) is 10.7. The first-order valence-electron chi connectivity index (χ1n) is 10.3. The van der Waals surface area contributed by atoms with Crippen molar-refractivity contribution in [3.05, 3.63) is 94.5 Å². The fraction of sp³-hybridized carbons (Fsp3) is 0.120. The van der Waals surface area contributed by atoms with Gasteiger partial charge >= 0.3 is 11.8 Å². The molecule has 0 aliphatic rings. The van der Waals surface area contributed by atoms with Crippen molar-refractivity contribution in [2.75, 3.05) is 11.9 Å². The summed E-state index contributed by atoms with van der Waals surface area (Å²) in [6, 6.07) is 21.1. The third-order valence-electron chi connectivity index (χ3n) is 4.56. The topological polar surface area (TPSA) is 109 Å². The van der Waals surface area contributed by atoms with E-state index in [1.807, 2.05) is 31.2 Å². The van der Waals surface area contributed by atoms with Gasteiger partial charge in [0.1, 0.15) is 5.75 Å². The lowest BCUT2D eigenvalue weighted by atomic mass is 10.1. The predicted octanol–water partition coefficient (Wildman–Crippen LogP) is 3.43. The largest absolute Gasteiger partial charge is 0.483 e. The van der Waals surface area contributed by atoms with E-state index in [9.17, 15) is 14.4 Å². The number of ether oxygens (including phenoxy) is 1. The van der Waals surface area contributed by atoms with Gasteiger partial charge in [-0.3, -0.25) is 14.4 Å². The summed E-state index contributed by atoms with van der Waals surface area (Å²) in [7, 11) is 0. The molecule has 0 bridgehead atoms. The molecule has 9 heteroatoms. The maximum absolute atomic E-state index is 12.1. The molecule has 0 aromatic heterocycles. The van der Waals surface area contributed by atoms with Gasteiger partial charge in [-0.15, -0.1) is 0 Å². The zero-order valence-electron chi connectivity index (χ0n) is 18.4. The van der Waals surface area contributed by atoms with Crippen molar-refractivity contribution in [2.45, 2.75) is 13.5 Å². The standard InChI is InChI=1S/C25H23ClN4O4/c1-17-6-8-18(9-7-17)14-27-24(32)25(33)30-28-15-19-4-2-3-5-22(19)34-16-23(31)29-21-12-10-20(26)11-13-21/h2-13,15H,14,16H2,1H3,(H,27,32)(H,29,31)(H,30,33)/b28-15-. The Bertz CT molecular complexity index is 1180. The van der Waals surface area contributed by atoms with Crippen LogP contribution in [-0.2, 0) is 20.9 Å². The molecule has 0 saturated heterocycles. The van der Waals surface area contributed by atoms with Crippen molar-refractivity contribution < 1.29 is 19.1 Å². The van der Waals surface area contributed by atoms with Crippen LogP contribution < -0.4 is 20.8 Å². The molecule has 8 nitrogen and oxygen atoms in total. The van der Waals surface area contributed by atoms with Crippen LogP contribution in [0, 0.1) is 6.92 Å². The van der Waals surface area contributed by atoms with Crippen molar-refractivity contribution in [1.82, 2.24) is 10.7 Å². The SMILES string of the molecule is Cc1ccc(CNC(=O)C(=O)N/N=C\c2ccccc2OCC(=O)Nc2ccc(Cl)cc2)cc1. The van der Waals surface area contributed by atoms with Crippen LogP contribution in [0.2, 0.25) is 5.02 Å². The Hall–Kier alpha value is -4.17. The Labute approximate surface area is 202 Å². The molecule has 0 heterocycles. The Morgan fingerprint density at radius 3 is 2.38 bits per heavy atom. The Morgan fingerprint density at radius 2 is 1.65 bits per heavy atom. The van der Waals surface area contributed by atoms with Gasteiger partial charge in [0.15, 0.2) is 6.61 Å². The Balaban J connectivity index is 1.48. The van der Waals surface area contributed by atoms with Gasteiger partial charge in [-0.2, -0.15) is 5.10 Å². The summed E-state index contributed by atoms with van der Waals surface area (Å²) in [5.41, 5.74) is 5.27. The number of anilines is 1. The maximum atomic E-state index is 12.1. The fourth-order valence-electron chi connectivity index (χ4n) is 2.77. The second-order valence-electron chi connectivity index (χ2n) is 7.25. The second kappa shape index (κ2) is 12.2. The van der Waals surface area contributed by atoms with Crippen molar-refractivity contribution >= 4 is 41.2 Å². The highest BCUT2D eigenvalue weighted by molar-refractivity contribution is 6.35. The highest BCUT2D eigenvalue weighted by atomic mass is 35.5. The lowest BCUT2D eigenvalue weighted by molar-refractivity contribution is -0.139. The monoisotopic (exact) mass is 478 g/mol. The average Bonchev–Trinajstić information content (AvgIpc) is 2.84. The molecule has 3 N–H and O–H groups in total. The third-order valence-corrected chi connectivity index (χ3v) is 4.81.